The number of nitrogens with zero attached hydrogens (tertiary/aromatic N) is 1. The van der Waals surface area contributed by atoms with Crippen LogP contribution < -0.4 is 0 Å². The van der Waals surface area contributed by atoms with Crippen LogP contribution in [-0.4, -0.2) is 0 Å². The summed E-state index contributed by atoms with van der Waals surface area (Å²) < 4.78 is 0. The zero-order valence-corrected chi connectivity index (χ0v) is 11.3. The molecule has 19 heavy (non-hydrogen) atoms. The van der Waals surface area contributed by atoms with Crippen molar-refractivity contribution in [1.82, 2.24) is 0 Å². The quantitative estimate of drug-likeness (QED) is 0.724. The molecule has 0 heterocycles. The van der Waals surface area contributed by atoms with Gasteiger partial charge in [-0.15, -0.1) is 0 Å². The molecule has 0 atom stereocenters. The second kappa shape index (κ2) is 6.78. The maximum atomic E-state index is 8.89. The molecule has 0 unspecified atom stereocenters. The first-order valence-electron chi connectivity index (χ1n) is 6.18. The van der Waals surface area contributed by atoms with Gasteiger partial charge >= 0.3 is 0 Å². The van der Waals surface area contributed by atoms with Crippen LogP contribution in [0.1, 0.15) is 17.5 Å². The van der Waals surface area contributed by atoms with Gasteiger partial charge in [0.25, 0.3) is 0 Å². The van der Waals surface area contributed by atoms with Crippen LogP contribution in [0.25, 0.3) is 5.57 Å². The number of nitriles is 1. The van der Waals surface area contributed by atoms with E-state index in [1.165, 1.54) is 5.56 Å². The second-order valence-electron chi connectivity index (χ2n) is 4.29. The highest BCUT2D eigenvalue weighted by molar-refractivity contribution is 6.30. The average Bonchev–Trinajstić information content (AvgIpc) is 2.46. The molecule has 1 nitrogen and oxygen atoms in total. The Morgan fingerprint density at radius 3 is 2.37 bits per heavy atom. The predicted octanol–water partition coefficient (Wildman–Crippen LogP) is 4.88. The Morgan fingerprint density at radius 1 is 1.05 bits per heavy atom. The van der Waals surface area contributed by atoms with E-state index >= 15 is 0 Å². The highest BCUT2D eigenvalue weighted by Crippen LogP contribution is 2.21. The van der Waals surface area contributed by atoms with Gasteiger partial charge < -0.3 is 0 Å². The summed E-state index contributed by atoms with van der Waals surface area (Å²) in [7, 11) is 0. The molecule has 0 saturated heterocycles. The van der Waals surface area contributed by atoms with E-state index < -0.39 is 0 Å². The largest absolute Gasteiger partial charge is 0.193 e. The first-order chi connectivity index (χ1) is 9.29. The van der Waals surface area contributed by atoms with Crippen molar-refractivity contribution in [2.24, 2.45) is 0 Å². The Hall–Kier alpha value is -2.04. The molecule has 0 aliphatic rings. The van der Waals surface area contributed by atoms with E-state index in [2.05, 4.69) is 6.07 Å². The SMILES string of the molecule is N#C/C=C(\CCc1ccc(Cl)cc1)c1ccccc1. The van der Waals surface area contributed by atoms with Crippen LogP contribution in [0, 0.1) is 11.3 Å². The topological polar surface area (TPSA) is 23.8 Å². The van der Waals surface area contributed by atoms with E-state index in [9.17, 15) is 0 Å². The summed E-state index contributed by atoms with van der Waals surface area (Å²) in [5, 5.41) is 9.64. The van der Waals surface area contributed by atoms with Crippen LogP contribution in [0.2, 0.25) is 5.02 Å². The van der Waals surface area contributed by atoms with Crippen LogP contribution in [-0.2, 0) is 6.42 Å². The summed E-state index contributed by atoms with van der Waals surface area (Å²) in [6.45, 7) is 0. The lowest BCUT2D eigenvalue weighted by atomic mass is 9.98. The maximum absolute atomic E-state index is 8.89. The molecule has 2 rings (SSSR count). The number of aryl methyl sites for hydroxylation is 1. The summed E-state index contributed by atoms with van der Waals surface area (Å²) in [6, 6.07) is 20.0. The normalized spacial score (nSPS) is 11.1. The van der Waals surface area contributed by atoms with Gasteiger partial charge in [-0.05, 0) is 41.7 Å². The fraction of sp³-hybridized carbons (Fsp3) is 0.118. The molecule has 0 aliphatic carbocycles. The predicted molar refractivity (Wildman–Crippen MR) is 79.8 cm³/mol. The van der Waals surface area contributed by atoms with Gasteiger partial charge in [-0.1, -0.05) is 54.1 Å². The number of hydrogen-bond donors (Lipinski definition) is 0. The van der Waals surface area contributed by atoms with E-state index in [1.54, 1.807) is 6.08 Å². The van der Waals surface area contributed by atoms with Crippen molar-refractivity contribution in [3.63, 3.8) is 0 Å². The minimum absolute atomic E-state index is 0.750. The summed E-state index contributed by atoms with van der Waals surface area (Å²) in [5.41, 5.74) is 3.40. The second-order valence-corrected chi connectivity index (χ2v) is 4.73. The third-order valence-corrected chi connectivity index (χ3v) is 3.23. The Bertz CT molecular complexity index is 591. The van der Waals surface area contributed by atoms with Crippen LogP contribution in [0.5, 0.6) is 0 Å². The van der Waals surface area contributed by atoms with Crippen molar-refractivity contribution in [3.05, 3.63) is 76.8 Å². The fourth-order valence-corrected chi connectivity index (χ4v) is 2.09. The average molecular weight is 268 g/mol. The first-order valence-corrected chi connectivity index (χ1v) is 6.56. The minimum atomic E-state index is 0.750. The van der Waals surface area contributed by atoms with Crippen molar-refractivity contribution in [1.29, 1.82) is 5.26 Å². The molecule has 0 fully saturated rings. The van der Waals surface area contributed by atoms with Gasteiger partial charge in [0.1, 0.15) is 0 Å². The van der Waals surface area contributed by atoms with Gasteiger partial charge in [-0.2, -0.15) is 5.26 Å². The summed E-state index contributed by atoms with van der Waals surface area (Å²) >= 11 is 5.87. The molecule has 0 aliphatic heterocycles. The van der Waals surface area contributed by atoms with Gasteiger partial charge in [0.2, 0.25) is 0 Å². The lowest BCUT2D eigenvalue weighted by Crippen LogP contribution is -1.89. The molecule has 0 bridgehead atoms. The van der Waals surface area contributed by atoms with Crippen molar-refractivity contribution in [2.75, 3.05) is 0 Å². The summed E-state index contributed by atoms with van der Waals surface area (Å²) in [5.74, 6) is 0. The zero-order chi connectivity index (χ0) is 13.5. The Balaban J connectivity index is 2.09. The molecular formula is C17H14ClN. The van der Waals surface area contributed by atoms with Crippen molar-refractivity contribution >= 4 is 17.2 Å². The molecule has 0 amide bonds. The van der Waals surface area contributed by atoms with Crippen molar-refractivity contribution in [2.45, 2.75) is 12.8 Å². The highest BCUT2D eigenvalue weighted by Gasteiger charge is 2.02. The molecule has 0 aromatic heterocycles. The van der Waals surface area contributed by atoms with Gasteiger partial charge in [0, 0.05) is 11.1 Å². The molecule has 2 aromatic carbocycles. The standard InChI is InChI=1S/C17H14ClN/c18-17-10-7-14(8-11-17)6-9-16(12-13-19)15-4-2-1-3-5-15/h1-5,7-8,10-12H,6,9H2/b16-12+. The summed E-state index contributed by atoms with van der Waals surface area (Å²) in [4.78, 5) is 0. The van der Waals surface area contributed by atoms with Crippen LogP contribution >= 0.6 is 11.6 Å². The molecule has 0 saturated carbocycles. The van der Waals surface area contributed by atoms with Crippen molar-refractivity contribution in [3.8, 4) is 6.07 Å². The van der Waals surface area contributed by atoms with Gasteiger partial charge in [0.15, 0.2) is 0 Å². The highest BCUT2D eigenvalue weighted by atomic mass is 35.5. The fourth-order valence-electron chi connectivity index (χ4n) is 1.96. The number of hydrogen-bond acceptors (Lipinski definition) is 1. The lowest BCUT2D eigenvalue weighted by molar-refractivity contribution is 1.02. The smallest absolute Gasteiger partial charge is 0.0915 e. The Morgan fingerprint density at radius 2 is 1.74 bits per heavy atom. The van der Waals surface area contributed by atoms with Crippen LogP contribution in [0.4, 0.5) is 0 Å². The third-order valence-electron chi connectivity index (χ3n) is 2.98. The third kappa shape index (κ3) is 3.98. The number of benzene rings is 2. The molecule has 0 N–H and O–H groups in total. The summed E-state index contributed by atoms with van der Waals surface area (Å²) in [6.07, 6.45) is 3.38. The van der Waals surface area contributed by atoms with E-state index in [-0.39, 0.29) is 0 Å². The van der Waals surface area contributed by atoms with Crippen LogP contribution in [0.3, 0.4) is 0 Å². The van der Waals surface area contributed by atoms with Crippen molar-refractivity contribution < 1.29 is 0 Å². The maximum Gasteiger partial charge on any atom is 0.0915 e. The molecule has 0 spiro atoms. The van der Waals surface area contributed by atoms with Gasteiger partial charge in [-0.3, -0.25) is 0 Å². The molecule has 2 aromatic rings. The van der Waals surface area contributed by atoms with E-state index in [4.69, 9.17) is 16.9 Å². The monoisotopic (exact) mass is 267 g/mol. The number of halogens is 1. The Labute approximate surface area is 118 Å². The minimum Gasteiger partial charge on any atom is -0.193 e. The van der Waals surface area contributed by atoms with E-state index in [1.807, 2.05) is 54.6 Å². The van der Waals surface area contributed by atoms with Gasteiger partial charge in [0.05, 0.1) is 6.07 Å². The van der Waals surface area contributed by atoms with Gasteiger partial charge in [-0.25, -0.2) is 0 Å². The molecule has 94 valence electrons. The first kappa shape index (κ1) is 13.4. The van der Waals surface area contributed by atoms with E-state index in [0.29, 0.717) is 0 Å². The zero-order valence-electron chi connectivity index (χ0n) is 10.5. The number of rotatable bonds is 4. The van der Waals surface area contributed by atoms with E-state index in [0.717, 1.165) is 29.0 Å². The molecular weight excluding hydrogens is 254 g/mol. The van der Waals surface area contributed by atoms with Crippen LogP contribution in [0.15, 0.2) is 60.7 Å². The molecule has 0 radical (unpaired) electrons. The number of allylic oxidation sites excluding steroid dienone is 2. The molecule has 2 heteroatoms. The lowest BCUT2D eigenvalue weighted by Gasteiger charge is -2.07. The Kier molecular flexibility index (Phi) is 4.78.